The van der Waals surface area contributed by atoms with Crippen LogP contribution in [0.25, 0.3) is 45.1 Å². The number of ether oxygens (including phenoxy) is 1. The van der Waals surface area contributed by atoms with Crippen LogP contribution in [0.1, 0.15) is 41.7 Å². The summed E-state index contributed by atoms with van der Waals surface area (Å²) in [7, 11) is 0. The highest BCUT2D eigenvalue weighted by Crippen LogP contribution is 2.21. The molecule has 2 aromatic carbocycles. The molecule has 54 heavy (non-hydrogen) atoms. The quantitative estimate of drug-likeness (QED) is 0.214. The lowest BCUT2D eigenvalue weighted by Crippen LogP contribution is -2.51. The number of pyridine rings is 2. The number of carbonyl (C=O) groups excluding carboxylic acids is 3. The highest BCUT2D eigenvalue weighted by atomic mass is 35.5. The maximum atomic E-state index is 13.0. The van der Waals surface area contributed by atoms with Gasteiger partial charge in [-0.15, -0.1) is 12.4 Å². The number of halogens is 1. The fourth-order valence-electron chi connectivity index (χ4n) is 6.13. The molecule has 4 aromatic heterocycles. The van der Waals surface area contributed by atoms with Crippen molar-refractivity contribution in [3.8, 4) is 23.0 Å². The van der Waals surface area contributed by atoms with Crippen molar-refractivity contribution in [2.75, 3.05) is 52.4 Å². The zero-order valence-electron chi connectivity index (χ0n) is 30.4. The van der Waals surface area contributed by atoms with E-state index in [9.17, 15) is 14.4 Å². The van der Waals surface area contributed by atoms with Crippen LogP contribution in [0.2, 0.25) is 0 Å². The maximum Gasteiger partial charge on any atom is 0.410 e. The van der Waals surface area contributed by atoms with E-state index in [1.54, 1.807) is 28.0 Å². The van der Waals surface area contributed by atoms with Crippen LogP contribution < -0.4 is 5.32 Å². The van der Waals surface area contributed by atoms with Crippen LogP contribution >= 0.6 is 12.4 Å². The molecule has 8 rings (SSSR count). The molecule has 0 bridgehead atoms. The molecule has 280 valence electrons. The number of amides is 3. The zero-order chi connectivity index (χ0) is 37.0. The van der Waals surface area contributed by atoms with Crippen molar-refractivity contribution in [2.24, 2.45) is 0 Å². The predicted molar refractivity (Wildman–Crippen MR) is 208 cm³/mol. The maximum absolute atomic E-state index is 13.0. The van der Waals surface area contributed by atoms with Gasteiger partial charge in [0.15, 0.2) is 11.6 Å². The summed E-state index contributed by atoms with van der Waals surface area (Å²) in [6.07, 6.45) is -0.348. The van der Waals surface area contributed by atoms with Crippen molar-refractivity contribution in [3.63, 3.8) is 0 Å². The van der Waals surface area contributed by atoms with Gasteiger partial charge in [-0.1, -0.05) is 36.4 Å². The number of imidazole rings is 2. The van der Waals surface area contributed by atoms with Gasteiger partial charge in [-0.25, -0.2) is 24.7 Å². The third kappa shape index (κ3) is 8.84. The van der Waals surface area contributed by atoms with Gasteiger partial charge in [0, 0.05) is 52.4 Å². The molecule has 14 nitrogen and oxygen atoms in total. The Morgan fingerprint density at radius 3 is 1.48 bits per heavy atom. The van der Waals surface area contributed by atoms with E-state index in [4.69, 9.17) is 4.74 Å². The summed E-state index contributed by atoms with van der Waals surface area (Å²) in [6.45, 7) is 10.4. The largest absolute Gasteiger partial charge is 0.444 e. The second kappa shape index (κ2) is 16.4. The minimum absolute atomic E-state index is 0. The van der Waals surface area contributed by atoms with Crippen molar-refractivity contribution < 1.29 is 19.1 Å². The smallest absolute Gasteiger partial charge is 0.410 e. The first-order valence-corrected chi connectivity index (χ1v) is 17.7. The van der Waals surface area contributed by atoms with E-state index in [1.165, 1.54) is 0 Å². The lowest BCUT2D eigenvalue weighted by molar-refractivity contribution is 0.0140. The Hall–Kier alpha value is -5.86. The van der Waals surface area contributed by atoms with Gasteiger partial charge in [0.25, 0.3) is 11.8 Å². The molecule has 0 aliphatic carbocycles. The van der Waals surface area contributed by atoms with Gasteiger partial charge < -0.3 is 34.7 Å². The fourth-order valence-corrected chi connectivity index (χ4v) is 6.13. The van der Waals surface area contributed by atoms with Gasteiger partial charge in [-0.2, -0.15) is 0 Å². The molecule has 6 aromatic rings. The lowest BCUT2D eigenvalue weighted by Gasteiger charge is -2.35. The number of hydrogen-bond acceptors (Lipinski definition) is 9. The molecule has 2 aliphatic rings. The SMILES string of the molecule is CC(C)(C)OC(=O)N1CCN(C(=O)c2cccc(-c3nc4ccccc4[nH]3)n2)CC1.Cl.O=C(c1cccc(-c2nc3ccccc3[nH]2)n1)N1CCNCC1. The highest BCUT2D eigenvalue weighted by molar-refractivity contribution is 5.94. The third-order valence-electron chi connectivity index (χ3n) is 8.82. The number of aromatic nitrogens is 6. The first kappa shape index (κ1) is 37.9. The molecule has 2 saturated heterocycles. The monoisotopic (exact) mass is 750 g/mol. The van der Waals surface area contributed by atoms with Crippen LogP contribution in [0.5, 0.6) is 0 Å². The Balaban J connectivity index is 0.000000187. The van der Waals surface area contributed by atoms with E-state index in [0.717, 1.165) is 48.2 Å². The Kier molecular flexibility index (Phi) is 11.5. The van der Waals surface area contributed by atoms with Crippen LogP contribution in [-0.2, 0) is 4.74 Å². The van der Waals surface area contributed by atoms with E-state index in [2.05, 4.69) is 35.2 Å². The Labute approximate surface area is 318 Å². The number of carbonyl (C=O) groups is 3. The number of fused-ring (bicyclic) bond motifs is 2. The summed E-state index contributed by atoms with van der Waals surface area (Å²) < 4.78 is 5.41. The molecule has 0 saturated carbocycles. The van der Waals surface area contributed by atoms with Gasteiger partial charge in [0.1, 0.15) is 28.4 Å². The number of H-pyrrole nitrogens is 2. The summed E-state index contributed by atoms with van der Waals surface area (Å²) in [4.78, 5) is 67.5. The number of piperazine rings is 2. The van der Waals surface area contributed by atoms with E-state index >= 15 is 0 Å². The highest BCUT2D eigenvalue weighted by Gasteiger charge is 2.29. The molecular weight excluding hydrogens is 708 g/mol. The lowest BCUT2D eigenvalue weighted by atomic mass is 10.2. The van der Waals surface area contributed by atoms with Crippen molar-refractivity contribution in [2.45, 2.75) is 26.4 Å². The molecule has 3 amide bonds. The predicted octanol–water partition coefficient (Wildman–Crippen LogP) is 5.41. The number of para-hydroxylation sites is 4. The number of nitrogens with one attached hydrogen (secondary N) is 3. The number of hydrogen-bond donors (Lipinski definition) is 3. The number of rotatable bonds is 4. The first-order valence-electron chi connectivity index (χ1n) is 17.7. The second-order valence-electron chi connectivity index (χ2n) is 13.8. The molecule has 0 spiro atoms. The van der Waals surface area contributed by atoms with Crippen LogP contribution in [0.4, 0.5) is 4.79 Å². The normalized spacial score (nSPS) is 14.6. The average Bonchev–Trinajstić information content (AvgIpc) is 3.83. The summed E-state index contributed by atoms with van der Waals surface area (Å²) in [5.41, 5.74) is 5.21. The fraction of sp³-hybridized carbons (Fsp3) is 0.308. The Morgan fingerprint density at radius 2 is 1.02 bits per heavy atom. The van der Waals surface area contributed by atoms with Crippen LogP contribution in [0, 0.1) is 0 Å². The molecule has 0 unspecified atom stereocenters. The number of nitrogens with zero attached hydrogens (tertiary/aromatic N) is 7. The van der Waals surface area contributed by atoms with Crippen molar-refractivity contribution >= 4 is 52.4 Å². The molecule has 6 heterocycles. The second-order valence-corrected chi connectivity index (χ2v) is 13.8. The average molecular weight is 751 g/mol. The molecule has 0 radical (unpaired) electrons. The summed E-state index contributed by atoms with van der Waals surface area (Å²) in [6, 6.07) is 26.4. The van der Waals surface area contributed by atoms with E-state index in [0.29, 0.717) is 60.6 Å². The summed E-state index contributed by atoms with van der Waals surface area (Å²) >= 11 is 0. The van der Waals surface area contributed by atoms with Gasteiger partial charge in [0.2, 0.25) is 0 Å². The standard InChI is InChI=1S/C22H25N5O3.C17H17N5O.ClH/c1-22(2,3)30-21(29)27-13-11-26(12-14-27)20(28)18-10-6-9-17(23-18)19-24-15-7-4-5-8-16(15)25-19;23-17(22-10-8-18-9-11-22)15-7-3-6-14(19-15)16-20-12-4-1-2-5-13(12)21-16;/h4-10H,11-14H2,1-3H3,(H,24,25);1-7,18H,8-11H2,(H,20,21);1H. The topological polar surface area (TPSA) is 165 Å². The van der Waals surface area contributed by atoms with Crippen molar-refractivity contribution in [1.82, 2.24) is 49.9 Å². The van der Waals surface area contributed by atoms with E-state index < -0.39 is 5.60 Å². The van der Waals surface area contributed by atoms with Crippen LogP contribution in [0.15, 0.2) is 84.9 Å². The first-order chi connectivity index (χ1) is 25.6. The van der Waals surface area contributed by atoms with Gasteiger partial charge in [-0.05, 0) is 69.3 Å². The third-order valence-corrected chi connectivity index (χ3v) is 8.82. The molecule has 3 N–H and O–H groups in total. The van der Waals surface area contributed by atoms with Crippen molar-refractivity contribution in [3.05, 3.63) is 96.3 Å². The van der Waals surface area contributed by atoms with Crippen LogP contribution in [0.3, 0.4) is 0 Å². The number of benzene rings is 2. The van der Waals surface area contributed by atoms with E-state index in [-0.39, 0.29) is 30.3 Å². The summed E-state index contributed by atoms with van der Waals surface area (Å²) in [5.74, 6) is 1.13. The molecular formula is C39H43ClN10O4. The zero-order valence-corrected chi connectivity index (χ0v) is 31.2. The molecule has 2 fully saturated rings. The van der Waals surface area contributed by atoms with E-state index in [1.807, 2.05) is 92.4 Å². The molecule has 2 aliphatic heterocycles. The number of aromatic amines is 2. The minimum atomic E-state index is -0.537. The van der Waals surface area contributed by atoms with Gasteiger partial charge in [-0.3, -0.25) is 9.59 Å². The van der Waals surface area contributed by atoms with Crippen molar-refractivity contribution in [1.29, 1.82) is 0 Å². The van der Waals surface area contributed by atoms with Gasteiger partial charge in [0.05, 0.1) is 22.1 Å². The van der Waals surface area contributed by atoms with Crippen LogP contribution in [-0.4, -0.2) is 120 Å². The Bertz CT molecular complexity index is 2190. The molecule has 0 atom stereocenters. The summed E-state index contributed by atoms with van der Waals surface area (Å²) in [5, 5.41) is 3.24. The molecule has 15 heteroatoms. The Morgan fingerprint density at radius 1 is 0.574 bits per heavy atom. The minimum Gasteiger partial charge on any atom is -0.444 e. The van der Waals surface area contributed by atoms with Gasteiger partial charge >= 0.3 is 6.09 Å².